The van der Waals surface area contributed by atoms with Crippen molar-refractivity contribution in [3.8, 4) is 0 Å². The number of benzene rings is 2. The Morgan fingerprint density at radius 2 is 1.71 bits per heavy atom. The highest BCUT2D eigenvalue weighted by Gasteiger charge is 2.32. The fourth-order valence-electron chi connectivity index (χ4n) is 3.51. The maximum atomic E-state index is 13.1. The van der Waals surface area contributed by atoms with E-state index >= 15 is 0 Å². The monoisotopic (exact) mass is 404 g/mol. The topological polar surface area (TPSA) is 66.5 Å². The number of sulfonamides is 1. The lowest BCUT2D eigenvalue weighted by Crippen LogP contribution is -2.43. The molecule has 0 aromatic heterocycles. The number of amides is 1. The number of nitrogens with one attached hydrogen (secondary N) is 1. The van der Waals surface area contributed by atoms with Crippen molar-refractivity contribution in [2.75, 3.05) is 13.1 Å². The van der Waals surface area contributed by atoms with E-state index in [2.05, 4.69) is 5.32 Å². The molecule has 2 aromatic rings. The standard InChI is InChI=1S/C21H25FN2O3S/c1-2-20(16-6-4-3-5-7-16)23-21(25)17-12-14-24(15-13-17)28(26,27)19-10-8-18(22)9-11-19/h3-11,17,20H,2,12-15H2,1H3,(H,23,25). The molecule has 1 aliphatic heterocycles. The Kier molecular flexibility index (Phi) is 6.46. The zero-order valence-electron chi connectivity index (χ0n) is 15.8. The van der Waals surface area contributed by atoms with E-state index < -0.39 is 15.8 Å². The molecule has 1 N–H and O–H groups in total. The number of carbonyl (C=O) groups is 1. The summed E-state index contributed by atoms with van der Waals surface area (Å²) in [6.07, 6.45) is 1.72. The van der Waals surface area contributed by atoms with Crippen LogP contribution in [0, 0.1) is 11.7 Å². The third-order valence-corrected chi connectivity index (χ3v) is 7.12. The van der Waals surface area contributed by atoms with Crippen LogP contribution in [0.2, 0.25) is 0 Å². The molecular weight excluding hydrogens is 379 g/mol. The van der Waals surface area contributed by atoms with Crippen LogP contribution in [0.3, 0.4) is 0 Å². The smallest absolute Gasteiger partial charge is 0.243 e. The van der Waals surface area contributed by atoms with E-state index in [-0.39, 0.29) is 35.9 Å². The normalized spacial score (nSPS) is 17.2. The zero-order valence-corrected chi connectivity index (χ0v) is 16.7. The minimum Gasteiger partial charge on any atom is -0.349 e. The first-order chi connectivity index (χ1) is 13.4. The molecule has 3 rings (SSSR count). The Balaban J connectivity index is 1.60. The van der Waals surface area contributed by atoms with Gasteiger partial charge in [0.15, 0.2) is 0 Å². The van der Waals surface area contributed by atoms with Gasteiger partial charge in [0.25, 0.3) is 0 Å². The van der Waals surface area contributed by atoms with E-state index in [0.717, 1.165) is 24.1 Å². The van der Waals surface area contributed by atoms with Crippen LogP contribution in [-0.2, 0) is 14.8 Å². The van der Waals surface area contributed by atoms with Gasteiger partial charge in [0.05, 0.1) is 10.9 Å². The molecule has 2 aromatic carbocycles. The quantitative estimate of drug-likeness (QED) is 0.801. The van der Waals surface area contributed by atoms with Crippen molar-refractivity contribution in [2.24, 2.45) is 5.92 Å². The van der Waals surface area contributed by atoms with Crippen LogP contribution in [0.15, 0.2) is 59.5 Å². The number of piperidine rings is 1. The molecule has 1 atom stereocenters. The van der Waals surface area contributed by atoms with Gasteiger partial charge in [0, 0.05) is 19.0 Å². The van der Waals surface area contributed by atoms with Crippen LogP contribution in [0.4, 0.5) is 4.39 Å². The lowest BCUT2D eigenvalue weighted by molar-refractivity contribution is -0.126. The Labute approximate surface area is 165 Å². The van der Waals surface area contributed by atoms with E-state index in [9.17, 15) is 17.6 Å². The van der Waals surface area contributed by atoms with Gasteiger partial charge in [-0.3, -0.25) is 4.79 Å². The molecule has 0 bridgehead atoms. The molecule has 0 saturated carbocycles. The molecule has 1 heterocycles. The van der Waals surface area contributed by atoms with Gasteiger partial charge in [-0.25, -0.2) is 12.8 Å². The van der Waals surface area contributed by atoms with E-state index in [0.29, 0.717) is 12.8 Å². The van der Waals surface area contributed by atoms with Crippen molar-refractivity contribution in [3.63, 3.8) is 0 Å². The van der Waals surface area contributed by atoms with Crippen molar-refractivity contribution in [1.82, 2.24) is 9.62 Å². The number of carbonyl (C=O) groups excluding carboxylic acids is 1. The number of hydrogen-bond acceptors (Lipinski definition) is 3. The minimum atomic E-state index is -3.66. The highest BCUT2D eigenvalue weighted by Crippen LogP contribution is 2.25. The van der Waals surface area contributed by atoms with Gasteiger partial charge in [-0.1, -0.05) is 37.3 Å². The number of hydrogen-bond donors (Lipinski definition) is 1. The van der Waals surface area contributed by atoms with Crippen molar-refractivity contribution in [1.29, 1.82) is 0 Å². The summed E-state index contributed by atoms with van der Waals surface area (Å²) < 4.78 is 39.8. The Morgan fingerprint density at radius 1 is 1.11 bits per heavy atom. The molecule has 5 nitrogen and oxygen atoms in total. The lowest BCUT2D eigenvalue weighted by atomic mass is 9.96. The first kappa shape index (κ1) is 20.5. The first-order valence-corrected chi connectivity index (χ1v) is 11.0. The molecule has 1 amide bonds. The van der Waals surface area contributed by atoms with Crippen molar-refractivity contribution < 1.29 is 17.6 Å². The fraction of sp³-hybridized carbons (Fsp3) is 0.381. The van der Waals surface area contributed by atoms with Gasteiger partial charge in [-0.15, -0.1) is 0 Å². The van der Waals surface area contributed by atoms with Gasteiger partial charge < -0.3 is 5.32 Å². The van der Waals surface area contributed by atoms with Crippen LogP contribution in [0.5, 0.6) is 0 Å². The average Bonchev–Trinajstić information content (AvgIpc) is 2.73. The second-order valence-electron chi connectivity index (χ2n) is 7.01. The maximum absolute atomic E-state index is 13.1. The molecule has 150 valence electrons. The Hall–Kier alpha value is -2.25. The largest absolute Gasteiger partial charge is 0.349 e. The summed E-state index contributed by atoms with van der Waals surface area (Å²) in [4.78, 5) is 12.8. The van der Waals surface area contributed by atoms with Crippen LogP contribution in [0.1, 0.15) is 37.8 Å². The second-order valence-corrected chi connectivity index (χ2v) is 8.95. The van der Waals surface area contributed by atoms with Crippen LogP contribution < -0.4 is 5.32 Å². The van der Waals surface area contributed by atoms with Crippen LogP contribution >= 0.6 is 0 Å². The van der Waals surface area contributed by atoms with Gasteiger partial charge in [0.2, 0.25) is 15.9 Å². The Bertz CT molecular complexity index is 893. The number of halogens is 1. The molecular formula is C21H25FN2O3S. The second kappa shape index (κ2) is 8.84. The van der Waals surface area contributed by atoms with E-state index in [1.807, 2.05) is 37.3 Å². The van der Waals surface area contributed by atoms with Crippen molar-refractivity contribution in [3.05, 3.63) is 66.0 Å². The highest BCUT2D eigenvalue weighted by molar-refractivity contribution is 7.89. The Morgan fingerprint density at radius 3 is 2.29 bits per heavy atom. The van der Waals surface area contributed by atoms with Gasteiger partial charge >= 0.3 is 0 Å². The average molecular weight is 405 g/mol. The summed E-state index contributed by atoms with van der Waals surface area (Å²) in [6, 6.07) is 14.6. The van der Waals surface area contributed by atoms with E-state index in [1.54, 1.807) is 0 Å². The third-order valence-electron chi connectivity index (χ3n) is 5.20. The summed E-state index contributed by atoms with van der Waals surface area (Å²) in [6.45, 7) is 2.58. The minimum absolute atomic E-state index is 0.0328. The molecule has 1 fully saturated rings. The van der Waals surface area contributed by atoms with Crippen molar-refractivity contribution >= 4 is 15.9 Å². The van der Waals surface area contributed by atoms with Crippen LogP contribution in [0.25, 0.3) is 0 Å². The summed E-state index contributed by atoms with van der Waals surface area (Å²) in [5, 5.41) is 3.10. The summed E-state index contributed by atoms with van der Waals surface area (Å²) >= 11 is 0. The molecule has 1 aliphatic rings. The molecule has 0 spiro atoms. The molecule has 7 heteroatoms. The SMILES string of the molecule is CCC(NC(=O)C1CCN(S(=O)(=O)c2ccc(F)cc2)CC1)c1ccccc1. The highest BCUT2D eigenvalue weighted by atomic mass is 32.2. The molecule has 0 aliphatic carbocycles. The first-order valence-electron chi connectivity index (χ1n) is 9.53. The molecule has 28 heavy (non-hydrogen) atoms. The van der Waals surface area contributed by atoms with Gasteiger partial charge in [0.1, 0.15) is 5.82 Å². The number of nitrogens with zero attached hydrogens (tertiary/aromatic N) is 1. The summed E-state index contributed by atoms with van der Waals surface area (Å²) in [5.74, 6) is -0.717. The lowest BCUT2D eigenvalue weighted by Gasteiger charge is -2.31. The maximum Gasteiger partial charge on any atom is 0.243 e. The molecule has 1 unspecified atom stereocenters. The van der Waals surface area contributed by atoms with Gasteiger partial charge in [-0.05, 0) is 49.1 Å². The van der Waals surface area contributed by atoms with Gasteiger partial charge in [-0.2, -0.15) is 4.31 Å². The van der Waals surface area contributed by atoms with E-state index in [4.69, 9.17) is 0 Å². The molecule has 1 saturated heterocycles. The number of rotatable bonds is 6. The predicted molar refractivity (Wildman–Crippen MR) is 105 cm³/mol. The van der Waals surface area contributed by atoms with E-state index in [1.165, 1.54) is 16.4 Å². The fourth-order valence-corrected chi connectivity index (χ4v) is 4.98. The third kappa shape index (κ3) is 4.59. The molecule has 0 radical (unpaired) electrons. The zero-order chi connectivity index (χ0) is 20.1. The van der Waals surface area contributed by atoms with Crippen molar-refractivity contribution in [2.45, 2.75) is 37.1 Å². The van der Waals surface area contributed by atoms with Crippen LogP contribution in [-0.4, -0.2) is 31.7 Å². The predicted octanol–water partition coefficient (Wildman–Crippen LogP) is 3.49. The summed E-state index contributed by atoms with van der Waals surface area (Å²) in [5.41, 5.74) is 1.06. The summed E-state index contributed by atoms with van der Waals surface area (Å²) in [7, 11) is -3.66.